The number of carboxylic acid groups (broad SMARTS) is 1. The molecular weight excluding hydrogens is 280 g/mol. The third kappa shape index (κ3) is 2.26. The van der Waals surface area contributed by atoms with E-state index in [1.165, 1.54) is 4.90 Å². The summed E-state index contributed by atoms with van der Waals surface area (Å²) < 4.78 is 0. The number of fused-ring (bicyclic) bond motifs is 1. The molecule has 3 rings (SSSR count). The number of carbonyl (C=O) groups is 1. The van der Waals surface area contributed by atoms with E-state index in [2.05, 4.69) is 4.98 Å². The summed E-state index contributed by atoms with van der Waals surface area (Å²) in [7, 11) is 0. The van der Waals surface area contributed by atoms with E-state index in [1.807, 2.05) is 18.2 Å². The smallest absolute Gasteiger partial charge is 0.409 e. The van der Waals surface area contributed by atoms with E-state index >= 15 is 0 Å². The van der Waals surface area contributed by atoms with Crippen LogP contribution in [0.5, 0.6) is 0 Å². The number of hydrogen-bond donors (Lipinski definition) is 2. The third-order valence-corrected chi connectivity index (χ3v) is 4.21. The van der Waals surface area contributed by atoms with Crippen LogP contribution in [0.4, 0.5) is 4.79 Å². The van der Waals surface area contributed by atoms with Crippen LogP contribution >= 0.6 is 0 Å². The highest BCUT2D eigenvalue weighted by Crippen LogP contribution is 2.34. The SMILES string of the molecule is N#Cc1ccc2cc(C3(N)CCCCN3C(=O)O)ccc2n1. The molecule has 1 fully saturated rings. The number of piperidine rings is 1. The molecule has 0 saturated carbocycles. The first kappa shape index (κ1) is 14.3. The van der Waals surface area contributed by atoms with E-state index in [9.17, 15) is 9.90 Å². The molecule has 6 nitrogen and oxygen atoms in total. The van der Waals surface area contributed by atoms with Crippen LogP contribution in [0, 0.1) is 11.3 Å². The lowest BCUT2D eigenvalue weighted by molar-refractivity contribution is 0.0484. The Morgan fingerprint density at radius 2 is 2.18 bits per heavy atom. The normalized spacial score (nSPS) is 21.5. The van der Waals surface area contributed by atoms with Crippen LogP contribution in [-0.4, -0.2) is 27.6 Å². The van der Waals surface area contributed by atoms with Crippen LogP contribution in [0.3, 0.4) is 0 Å². The summed E-state index contributed by atoms with van der Waals surface area (Å²) in [5.41, 5.74) is 7.25. The first-order valence-electron chi connectivity index (χ1n) is 7.15. The lowest BCUT2D eigenvalue weighted by atomic mass is 9.88. The van der Waals surface area contributed by atoms with Gasteiger partial charge in [-0.25, -0.2) is 9.78 Å². The minimum absolute atomic E-state index is 0.354. The van der Waals surface area contributed by atoms with Gasteiger partial charge in [0.25, 0.3) is 0 Å². The Labute approximate surface area is 127 Å². The predicted octanol–water partition coefficient (Wildman–Crippen LogP) is 2.38. The molecule has 1 aromatic heterocycles. The van der Waals surface area contributed by atoms with Crippen molar-refractivity contribution in [3.63, 3.8) is 0 Å². The van der Waals surface area contributed by atoms with Gasteiger partial charge in [-0.1, -0.05) is 6.07 Å². The van der Waals surface area contributed by atoms with E-state index in [0.717, 1.165) is 23.8 Å². The molecule has 1 aromatic carbocycles. The number of aromatic nitrogens is 1. The van der Waals surface area contributed by atoms with Crippen molar-refractivity contribution in [3.8, 4) is 6.07 Å². The van der Waals surface area contributed by atoms with Gasteiger partial charge < -0.3 is 10.8 Å². The number of rotatable bonds is 1. The van der Waals surface area contributed by atoms with Crippen molar-refractivity contribution >= 4 is 17.0 Å². The first-order valence-corrected chi connectivity index (χ1v) is 7.15. The van der Waals surface area contributed by atoms with Crippen LogP contribution in [0.25, 0.3) is 10.9 Å². The maximum absolute atomic E-state index is 11.5. The Bertz CT molecular complexity index is 783. The molecule has 1 amide bonds. The highest BCUT2D eigenvalue weighted by molar-refractivity contribution is 5.80. The summed E-state index contributed by atoms with van der Waals surface area (Å²) in [6.07, 6.45) is 1.31. The van der Waals surface area contributed by atoms with Gasteiger partial charge in [-0.3, -0.25) is 4.90 Å². The fourth-order valence-corrected chi connectivity index (χ4v) is 3.02. The van der Waals surface area contributed by atoms with Gasteiger partial charge in [0.05, 0.1) is 5.52 Å². The van der Waals surface area contributed by atoms with Crippen molar-refractivity contribution in [2.24, 2.45) is 5.73 Å². The number of nitrogens with zero attached hydrogens (tertiary/aromatic N) is 3. The van der Waals surface area contributed by atoms with Gasteiger partial charge in [-0.2, -0.15) is 5.26 Å². The zero-order chi connectivity index (χ0) is 15.7. The van der Waals surface area contributed by atoms with Gasteiger partial charge in [-0.15, -0.1) is 0 Å². The van der Waals surface area contributed by atoms with Crippen molar-refractivity contribution in [2.45, 2.75) is 24.9 Å². The quantitative estimate of drug-likeness (QED) is 0.841. The molecule has 0 radical (unpaired) electrons. The summed E-state index contributed by atoms with van der Waals surface area (Å²) in [4.78, 5) is 17.0. The summed E-state index contributed by atoms with van der Waals surface area (Å²) in [5.74, 6) is 0. The molecule has 1 aliphatic heterocycles. The second kappa shape index (κ2) is 5.28. The molecular formula is C16H16N4O2. The molecule has 2 heterocycles. The zero-order valence-electron chi connectivity index (χ0n) is 12.0. The summed E-state index contributed by atoms with van der Waals surface area (Å²) in [6.45, 7) is 0.440. The van der Waals surface area contributed by atoms with Crippen molar-refractivity contribution in [2.75, 3.05) is 6.54 Å². The monoisotopic (exact) mass is 296 g/mol. The Morgan fingerprint density at radius 1 is 1.36 bits per heavy atom. The summed E-state index contributed by atoms with van der Waals surface area (Å²) in [6, 6.07) is 10.9. The highest BCUT2D eigenvalue weighted by atomic mass is 16.4. The van der Waals surface area contributed by atoms with Crippen LogP contribution in [0.2, 0.25) is 0 Å². The number of likely N-dealkylation sites (tertiary alicyclic amines) is 1. The number of nitrogens with two attached hydrogens (primary N) is 1. The molecule has 2 aromatic rings. The predicted molar refractivity (Wildman–Crippen MR) is 80.9 cm³/mol. The fraction of sp³-hybridized carbons (Fsp3) is 0.312. The van der Waals surface area contributed by atoms with Crippen molar-refractivity contribution in [1.82, 2.24) is 9.88 Å². The van der Waals surface area contributed by atoms with Gasteiger partial charge in [-0.05, 0) is 49.1 Å². The molecule has 112 valence electrons. The Kier molecular flexibility index (Phi) is 3.43. The molecule has 3 N–H and O–H groups in total. The second-order valence-corrected chi connectivity index (χ2v) is 5.53. The van der Waals surface area contributed by atoms with Gasteiger partial charge in [0, 0.05) is 11.9 Å². The standard InChI is InChI=1S/C16H16N4O2/c17-10-13-5-3-11-9-12(4-6-14(11)19-13)16(18)7-1-2-8-20(16)15(21)22/h3-6,9H,1-2,7-8,18H2,(H,21,22). The lowest BCUT2D eigenvalue weighted by Gasteiger charge is -2.43. The molecule has 0 aliphatic carbocycles. The van der Waals surface area contributed by atoms with E-state index in [0.29, 0.717) is 24.2 Å². The lowest BCUT2D eigenvalue weighted by Crippen LogP contribution is -2.57. The molecule has 22 heavy (non-hydrogen) atoms. The second-order valence-electron chi connectivity index (χ2n) is 5.53. The van der Waals surface area contributed by atoms with E-state index in [4.69, 9.17) is 11.0 Å². The topological polar surface area (TPSA) is 103 Å². The molecule has 1 unspecified atom stereocenters. The molecule has 0 spiro atoms. The van der Waals surface area contributed by atoms with E-state index < -0.39 is 11.8 Å². The average Bonchev–Trinajstić information content (AvgIpc) is 2.54. The van der Waals surface area contributed by atoms with Crippen molar-refractivity contribution in [3.05, 3.63) is 41.6 Å². The molecule has 1 aliphatic rings. The van der Waals surface area contributed by atoms with Gasteiger partial charge in [0.15, 0.2) is 0 Å². The number of benzene rings is 1. The Balaban J connectivity index is 2.08. The van der Waals surface area contributed by atoms with E-state index in [1.54, 1.807) is 18.2 Å². The maximum Gasteiger partial charge on any atom is 0.409 e. The molecule has 6 heteroatoms. The fourth-order valence-electron chi connectivity index (χ4n) is 3.02. The summed E-state index contributed by atoms with van der Waals surface area (Å²) in [5, 5.41) is 19.1. The first-order chi connectivity index (χ1) is 10.5. The van der Waals surface area contributed by atoms with Crippen LogP contribution in [0.15, 0.2) is 30.3 Å². The van der Waals surface area contributed by atoms with Gasteiger partial charge >= 0.3 is 6.09 Å². The van der Waals surface area contributed by atoms with E-state index in [-0.39, 0.29) is 0 Å². The molecule has 1 atom stereocenters. The van der Waals surface area contributed by atoms with Gasteiger partial charge in [0.2, 0.25) is 0 Å². The highest BCUT2D eigenvalue weighted by Gasteiger charge is 2.39. The van der Waals surface area contributed by atoms with Crippen LogP contribution < -0.4 is 5.73 Å². The van der Waals surface area contributed by atoms with Gasteiger partial charge in [0.1, 0.15) is 17.4 Å². The molecule has 0 bridgehead atoms. The number of hydrogen-bond acceptors (Lipinski definition) is 4. The Morgan fingerprint density at radius 3 is 2.91 bits per heavy atom. The van der Waals surface area contributed by atoms with Crippen LogP contribution in [0.1, 0.15) is 30.5 Å². The number of nitriles is 1. The third-order valence-electron chi connectivity index (χ3n) is 4.21. The molecule has 1 saturated heterocycles. The minimum Gasteiger partial charge on any atom is -0.465 e. The minimum atomic E-state index is -1.01. The maximum atomic E-state index is 11.5. The number of amides is 1. The van der Waals surface area contributed by atoms with Crippen molar-refractivity contribution < 1.29 is 9.90 Å². The average molecular weight is 296 g/mol. The summed E-state index contributed by atoms with van der Waals surface area (Å²) >= 11 is 0. The largest absolute Gasteiger partial charge is 0.465 e. The van der Waals surface area contributed by atoms with Crippen molar-refractivity contribution in [1.29, 1.82) is 5.26 Å². The zero-order valence-corrected chi connectivity index (χ0v) is 12.0. The number of pyridine rings is 1. The van der Waals surface area contributed by atoms with Crippen LogP contribution in [-0.2, 0) is 5.66 Å². The Hall–Kier alpha value is -2.65.